The number of anilines is 1. The lowest BCUT2D eigenvalue weighted by atomic mass is 10.2. The Hall–Kier alpha value is -1.97. The summed E-state index contributed by atoms with van der Waals surface area (Å²) >= 11 is 0. The van der Waals surface area contributed by atoms with E-state index >= 15 is 0 Å². The summed E-state index contributed by atoms with van der Waals surface area (Å²) in [7, 11) is 1.67. The van der Waals surface area contributed by atoms with Crippen molar-refractivity contribution in [2.45, 2.75) is 26.9 Å². The van der Waals surface area contributed by atoms with Crippen molar-refractivity contribution in [1.82, 2.24) is 9.78 Å². The molecule has 0 saturated heterocycles. The summed E-state index contributed by atoms with van der Waals surface area (Å²) in [6, 6.07) is 8.04. The first kappa shape index (κ1) is 12.5. The minimum absolute atomic E-state index is 0.769. The quantitative estimate of drug-likeness (QED) is 0.880. The number of benzene rings is 1. The van der Waals surface area contributed by atoms with Crippen molar-refractivity contribution in [3.8, 4) is 5.75 Å². The van der Waals surface area contributed by atoms with Crippen molar-refractivity contribution >= 4 is 5.82 Å². The van der Waals surface area contributed by atoms with E-state index in [2.05, 4.69) is 42.6 Å². The first-order valence-corrected chi connectivity index (χ1v) is 6.13. The minimum Gasteiger partial charge on any atom is -0.497 e. The molecule has 0 aliphatic heterocycles. The number of methoxy groups -OCH3 is 1. The molecule has 0 unspecified atom stereocenters. The van der Waals surface area contributed by atoms with Crippen LogP contribution in [0, 0.1) is 6.92 Å². The molecule has 0 fully saturated rings. The van der Waals surface area contributed by atoms with E-state index in [9.17, 15) is 0 Å². The van der Waals surface area contributed by atoms with Gasteiger partial charge in [-0.25, -0.2) is 0 Å². The van der Waals surface area contributed by atoms with Crippen molar-refractivity contribution in [3.63, 3.8) is 0 Å². The van der Waals surface area contributed by atoms with E-state index in [1.54, 1.807) is 7.11 Å². The maximum absolute atomic E-state index is 5.13. The van der Waals surface area contributed by atoms with E-state index in [0.717, 1.165) is 24.7 Å². The van der Waals surface area contributed by atoms with Crippen LogP contribution in [0.3, 0.4) is 0 Å². The molecular weight excluding hydrogens is 226 g/mol. The highest BCUT2D eigenvalue weighted by atomic mass is 16.5. The maximum Gasteiger partial charge on any atom is 0.151 e. The lowest BCUT2D eigenvalue weighted by molar-refractivity contribution is 0.414. The molecule has 1 N–H and O–H groups in total. The second-order valence-corrected chi connectivity index (χ2v) is 4.22. The molecule has 2 rings (SSSR count). The number of nitrogens with one attached hydrogen (secondary N) is 1. The van der Waals surface area contributed by atoms with Crippen LogP contribution in [0.25, 0.3) is 0 Å². The molecule has 4 nitrogen and oxygen atoms in total. The summed E-state index contributed by atoms with van der Waals surface area (Å²) in [5.41, 5.74) is 2.38. The van der Waals surface area contributed by atoms with Gasteiger partial charge in [0, 0.05) is 24.8 Å². The van der Waals surface area contributed by atoms with E-state index in [1.165, 1.54) is 11.1 Å². The smallest absolute Gasteiger partial charge is 0.151 e. The van der Waals surface area contributed by atoms with Gasteiger partial charge in [0.05, 0.1) is 7.11 Å². The molecule has 0 radical (unpaired) electrons. The fraction of sp³-hybridized carbons (Fsp3) is 0.357. The number of ether oxygens (including phenoxy) is 1. The van der Waals surface area contributed by atoms with Gasteiger partial charge in [-0.2, -0.15) is 5.10 Å². The topological polar surface area (TPSA) is 39.1 Å². The minimum atomic E-state index is 0.769. The predicted octanol–water partition coefficient (Wildman–Crippen LogP) is 2.83. The fourth-order valence-electron chi connectivity index (χ4n) is 1.79. The van der Waals surface area contributed by atoms with Gasteiger partial charge in [0.15, 0.2) is 5.82 Å². The Morgan fingerprint density at radius 3 is 2.56 bits per heavy atom. The zero-order chi connectivity index (χ0) is 13.0. The van der Waals surface area contributed by atoms with Crippen molar-refractivity contribution < 1.29 is 4.74 Å². The number of rotatable bonds is 5. The van der Waals surface area contributed by atoms with Gasteiger partial charge in [0.1, 0.15) is 5.75 Å². The van der Waals surface area contributed by atoms with Gasteiger partial charge in [0.2, 0.25) is 0 Å². The van der Waals surface area contributed by atoms with Crippen LogP contribution in [-0.2, 0) is 13.1 Å². The summed E-state index contributed by atoms with van der Waals surface area (Å²) in [5, 5.41) is 7.81. The molecular formula is C14H19N3O. The predicted molar refractivity (Wildman–Crippen MR) is 73.0 cm³/mol. The van der Waals surface area contributed by atoms with Crippen molar-refractivity contribution in [1.29, 1.82) is 0 Å². The first-order valence-electron chi connectivity index (χ1n) is 6.13. The normalized spacial score (nSPS) is 10.4. The molecule has 18 heavy (non-hydrogen) atoms. The molecule has 96 valence electrons. The molecule has 0 saturated carbocycles. The molecule has 0 bridgehead atoms. The van der Waals surface area contributed by atoms with Crippen molar-refractivity contribution in [2.75, 3.05) is 12.4 Å². The van der Waals surface area contributed by atoms with E-state index in [1.807, 2.05) is 16.8 Å². The molecule has 0 aliphatic carbocycles. The third-order valence-electron chi connectivity index (χ3n) is 2.89. The van der Waals surface area contributed by atoms with Crippen LogP contribution in [0.4, 0.5) is 5.82 Å². The Balaban J connectivity index is 1.99. The number of nitrogens with zero attached hydrogens (tertiary/aromatic N) is 2. The van der Waals surface area contributed by atoms with Crippen molar-refractivity contribution in [3.05, 3.63) is 41.6 Å². The van der Waals surface area contributed by atoms with E-state index in [-0.39, 0.29) is 0 Å². The molecule has 0 atom stereocenters. The fourth-order valence-corrected chi connectivity index (χ4v) is 1.79. The standard InChI is InChI=1S/C14H19N3O/c1-4-17-10-11(2)14(16-17)15-9-12-5-7-13(18-3)8-6-12/h5-8,10H,4,9H2,1-3H3,(H,15,16). The Morgan fingerprint density at radius 2 is 2.00 bits per heavy atom. The largest absolute Gasteiger partial charge is 0.497 e. The molecule has 2 aromatic rings. The second-order valence-electron chi connectivity index (χ2n) is 4.22. The van der Waals surface area contributed by atoms with E-state index in [4.69, 9.17) is 4.74 Å². The van der Waals surface area contributed by atoms with Crippen LogP contribution in [0.1, 0.15) is 18.1 Å². The summed E-state index contributed by atoms with van der Waals surface area (Å²) in [4.78, 5) is 0. The lowest BCUT2D eigenvalue weighted by Gasteiger charge is -2.05. The Bertz CT molecular complexity index is 502. The summed E-state index contributed by atoms with van der Waals surface area (Å²) in [6.07, 6.45) is 2.05. The van der Waals surface area contributed by atoms with Gasteiger partial charge >= 0.3 is 0 Å². The highest BCUT2D eigenvalue weighted by Crippen LogP contribution is 2.15. The molecule has 4 heteroatoms. The average Bonchev–Trinajstić information content (AvgIpc) is 2.77. The Kier molecular flexibility index (Phi) is 3.87. The zero-order valence-electron chi connectivity index (χ0n) is 11.1. The van der Waals surface area contributed by atoms with E-state index in [0.29, 0.717) is 0 Å². The number of hydrogen-bond acceptors (Lipinski definition) is 3. The second kappa shape index (κ2) is 5.58. The van der Waals surface area contributed by atoms with Gasteiger partial charge in [-0.05, 0) is 31.5 Å². The number of aryl methyl sites for hydroxylation is 2. The highest BCUT2D eigenvalue weighted by Gasteiger charge is 2.03. The molecule has 1 aromatic carbocycles. The van der Waals surface area contributed by atoms with Gasteiger partial charge in [0.25, 0.3) is 0 Å². The molecule has 0 aliphatic rings. The monoisotopic (exact) mass is 245 g/mol. The Labute approximate surface area is 108 Å². The van der Waals surface area contributed by atoms with Crippen LogP contribution in [0.2, 0.25) is 0 Å². The van der Waals surface area contributed by atoms with Crippen LogP contribution in [0.5, 0.6) is 5.75 Å². The maximum atomic E-state index is 5.13. The van der Waals surface area contributed by atoms with Crippen LogP contribution in [0.15, 0.2) is 30.5 Å². The highest BCUT2D eigenvalue weighted by molar-refractivity contribution is 5.42. The molecule has 1 heterocycles. The average molecular weight is 245 g/mol. The third-order valence-corrected chi connectivity index (χ3v) is 2.89. The molecule has 0 amide bonds. The number of aromatic nitrogens is 2. The summed E-state index contributed by atoms with van der Waals surface area (Å²) in [6.45, 7) is 5.81. The first-order chi connectivity index (χ1) is 8.72. The summed E-state index contributed by atoms with van der Waals surface area (Å²) in [5.74, 6) is 1.83. The third kappa shape index (κ3) is 2.83. The SMILES string of the molecule is CCn1cc(C)c(NCc2ccc(OC)cc2)n1. The summed E-state index contributed by atoms with van der Waals surface area (Å²) < 4.78 is 7.07. The van der Waals surface area contributed by atoms with Gasteiger partial charge in [-0.3, -0.25) is 4.68 Å². The molecule has 1 aromatic heterocycles. The van der Waals surface area contributed by atoms with Gasteiger partial charge in [-0.1, -0.05) is 12.1 Å². The van der Waals surface area contributed by atoms with Crippen LogP contribution < -0.4 is 10.1 Å². The van der Waals surface area contributed by atoms with Crippen LogP contribution in [-0.4, -0.2) is 16.9 Å². The zero-order valence-corrected chi connectivity index (χ0v) is 11.1. The van der Waals surface area contributed by atoms with Crippen molar-refractivity contribution in [2.24, 2.45) is 0 Å². The van der Waals surface area contributed by atoms with Gasteiger partial charge < -0.3 is 10.1 Å². The van der Waals surface area contributed by atoms with Gasteiger partial charge in [-0.15, -0.1) is 0 Å². The lowest BCUT2D eigenvalue weighted by Crippen LogP contribution is -2.02. The Morgan fingerprint density at radius 1 is 1.28 bits per heavy atom. The van der Waals surface area contributed by atoms with Crippen LogP contribution >= 0.6 is 0 Å². The van der Waals surface area contributed by atoms with E-state index < -0.39 is 0 Å². The molecule has 0 spiro atoms. The number of hydrogen-bond donors (Lipinski definition) is 1.